The molecule has 3 aromatic rings. The maximum atomic E-state index is 12.7. The molecule has 0 bridgehead atoms. The molecule has 1 aliphatic rings. The lowest BCUT2D eigenvalue weighted by atomic mass is 10.2. The maximum Gasteiger partial charge on any atom is 0.329 e. The molecule has 158 valence electrons. The third kappa shape index (κ3) is 3.62. The molecule has 1 amide bonds. The zero-order valence-corrected chi connectivity index (χ0v) is 17.3. The second-order valence-corrected chi connectivity index (χ2v) is 7.59. The number of carbonyl (C=O) groups is 1. The van der Waals surface area contributed by atoms with Crippen LogP contribution in [0, 0.1) is 0 Å². The number of benzene rings is 1. The Labute approximate surface area is 173 Å². The molecule has 0 saturated carbocycles. The Morgan fingerprint density at radius 3 is 2.47 bits per heavy atom. The SMILES string of the molecule is CCCC(=O)N1CCN(c2nc3c(c(=O)[nH]c(=O)n3C)n2Cc2ccccc2)CC1. The van der Waals surface area contributed by atoms with E-state index in [4.69, 9.17) is 0 Å². The summed E-state index contributed by atoms with van der Waals surface area (Å²) in [5, 5.41) is 0. The van der Waals surface area contributed by atoms with Crippen LogP contribution >= 0.6 is 0 Å². The minimum atomic E-state index is -0.488. The summed E-state index contributed by atoms with van der Waals surface area (Å²) in [6.45, 7) is 4.94. The molecule has 1 aliphatic heterocycles. The Balaban J connectivity index is 1.74. The van der Waals surface area contributed by atoms with Gasteiger partial charge in [0.25, 0.3) is 5.56 Å². The molecule has 2 aromatic heterocycles. The predicted octanol–water partition coefficient (Wildman–Crippen LogP) is 0.920. The topological polar surface area (TPSA) is 96.2 Å². The number of aromatic amines is 1. The molecule has 0 spiro atoms. The summed E-state index contributed by atoms with van der Waals surface area (Å²) in [6.07, 6.45) is 1.40. The quantitative estimate of drug-likeness (QED) is 0.675. The molecule has 9 nitrogen and oxygen atoms in total. The van der Waals surface area contributed by atoms with E-state index in [1.54, 1.807) is 7.05 Å². The minimum Gasteiger partial charge on any atom is -0.339 e. The van der Waals surface area contributed by atoms with E-state index in [-0.39, 0.29) is 5.91 Å². The number of nitrogens with zero attached hydrogens (tertiary/aromatic N) is 5. The average molecular weight is 410 g/mol. The van der Waals surface area contributed by atoms with E-state index in [0.717, 1.165) is 12.0 Å². The molecule has 1 aromatic carbocycles. The van der Waals surface area contributed by atoms with Crippen LogP contribution in [-0.4, -0.2) is 56.1 Å². The van der Waals surface area contributed by atoms with E-state index in [9.17, 15) is 14.4 Å². The van der Waals surface area contributed by atoms with E-state index < -0.39 is 11.2 Å². The highest BCUT2D eigenvalue weighted by molar-refractivity contribution is 5.77. The zero-order valence-electron chi connectivity index (χ0n) is 17.3. The van der Waals surface area contributed by atoms with Crippen molar-refractivity contribution in [3.05, 3.63) is 56.7 Å². The number of piperazine rings is 1. The summed E-state index contributed by atoms with van der Waals surface area (Å²) >= 11 is 0. The van der Waals surface area contributed by atoms with Gasteiger partial charge in [-0.2, -0.15) is 4.98 Å². The molecular formula is C21H26N6O3. The van der Waals surface area contributed by atoms with Gasteiger partial charge in [-0.05, 0) is 12.0 Å². The molecule has 0 radical (unpaired) electrons. The highest BCUT2D eigenvalue weighted by Gasteiger charge is 2.26. The number of aryl methyl sites for hydroxylation is 1. The molecule has 1 N–H and O–H groups in total. The fourth-order valence-corrected chi connectivity index (χ4v) is 3.91. The van der Waals surface area contributed by atoms with Crippen molar-refractivity contribution in [1.82, 2.24) is 24.0 Å². The fourth-order valence-electron chi connectivity index (χ4n) is 3.91. The highest BCUT2D eigenvalue weighted by atomic mass is 16.2. The third-order valence-corrected chi connectivity index (χ3v) is 5.55. The minimum absolute atomic E-state index is 0.175. The van der Waals surface area contributed by atoms with Crippen LogP contribution in [0.25, 0.3) is 11.2 Å². The van der Waals surface area contributed by atoms with Crippen molar-refractivity contribution in [1.29, 1.82) is 0 Å². The molecule has 0 aliphatic carbocycles. The lowest BCUT2D eigenvalue weighted by Crippen LogP contribution is -2.49. The molecule has 4 rings (SSSR count). The summed E-state index contributed by atoms with van der Waals surface area (Å²) in [6, 6.07) is 9.83. The first-order chi connectivity index (χ1) is 14.5. The number of aromatic nitrogens is 4. The molecule has 9 heteroatoms. The van der Waals surface area contributed by atoms with E-state index in [1.165, 1.54) is 4.57 Å². The average Bonchev–Trinajstić information content (AvgIpc) is 3.13. The van der Waals surface area contributed by atoms with Crippen molar-refractivity contribution in [2.75, 3.05) is 31.1 Å². The summed E-state index contributed by atoms with van der Waals surface area (Å²) in [4.78, 5) is 48.0. The maximum absolute atomic E-state index is 12.7. The van der Waals surface area contributed by atoms with Gasteiger partial charge >= 0.3 is 5.69 Å². The number of rotatable bonds is 5. The number of nitrogens with one attached hydrogen (secondary N) is 1. The summed E-state index contributed by atoms with van der Waals surface area (Å²) in [7, 11) is 1.60. The normalized spacial score (nSPS) is 14.5. The van der Waals surface area contributed by atoms with Crippen LogP contribution in [0.1, 0.15) is 25.3 Å². The van der Waals surface area contributed by atoms with Crippen LogP contribution in [0.4, 0.5) is 5.95 Å². The molecule has 0 atom stereocenters. The number of carbonyl (C=O) groups excluding carboxylic acids is 1. The van der Waals surface area contributed by atoms with E-state index in [0.29, 0.717) is 56.3 Å². The number of fused-ring (bicyclic) bond motifs is 1. The van der Waals surface area contributed by atoms with E-state index in [1.807, 2.05) is 46.7 Å². The van der Waals surface area contributed by atoms with Gasteiger partial charge in [0.2, 0.25) is 11.9 Å². The van der Waals surface area contributed by atoms with Crippen LogP contribution in [0.5, 0.6) is 0 Å². The number of H-pyrrole nitrogens is 1. The summed E-state index contributed by atoms with van der Waals surface area (Å²) in [5.41, 5.74) is 0.834. The number of imidazole rings is 1. The first kappa shape index (κ1) is 19.9. The van der Waals surface area contributed by atoms with Crippen LogP contribution in [0.3, 0.4) is 0 Å². The van der Waals surface area contributed by atoms with Crippen LogP contribution in [-0.2, 0) is 18.4 Å². The van der Waals surface area contributed by atoms with Gasteiger partial charge in [-0.1, -0.05) is 37.3 Å². The van der Waals surface area contributed by atoms with Gasteiger partial charge in [-0.3, -0.25) is 23.7 Å². The van der Waals surface area contributed by atoms with Crippen LogP contribution in [0.15, 0.2) is 39.9 Å². The van der Waals surface area contributed by atoms with Crippen molar-refractivity contribution < 1.29 is 4.79 Å². The van der Waals surface area contributed by atoms with E-state index >= 15 is 0 Å². The number of hydrogen-bond acceptors (Lipinski definition) is 5. The van der Waals surface area contributed by atoms with Crippen LogP contribution in [0.2, 0.25) is 0 Å². The van der Waals surface area contributed by atoms with Crippen molar-refractivity contribution in [2.24, 2.45) is 7.05 Å². The molecular weight excluding hydrogens is 384 g/mol. The Hall–Kier alpha value is -3.36. The zero-order chi connectivity index (χ0) is 21.3. The highest BCUT2D eigenvalue weighted by Crippen LogP contribution is 2.22. The Morgan fingerprint density at radius 1 is 1.10 bits per heavy atom. The number of amides is 1. The van der Waals surface area contributed by atoms with Gasteiger partial charge in [-0.15, -0.1) is 0 Å². The molecule has 1 fully saturated rings. The van der Waals surface area contributed by atoms with Gasteiger partial charge in [0.05, 0.1) is 6.54 Å². The Kier molecular flexibility index (Phi) is 5.43. The first-order valence-corrected chi connectivity index (χ1v) is 10.3. The van der Waals surface area contributed by atoms with Gasteiger partial charge < -0.3 is 9.80 Å². The first-order valence-electron chi connectivity index (χ1n) is 10.3. The smallest absolute Gasteiger partial charge is 0.329 e. The number of anilines is 1. The third-order valence-electron chi connectivity index (χ3n) is 5.55. The Morgan fingerprint density at radius 2 is 1.80 bits per heavy atom. The van der Waals surface area contributed by atoms with E-state index in [2.05, 4.69) is 14.9 Å². The van der Waals surface area contributed by atoms with Crippen LogP contribution < -0.4 is 16.1 Å². The fraction of sp³-hybridized carbons (Fsp3) is 0.429. The van der Waals surface area contributed by atoms with Crippen molar-refractivity contribution in [3.8, 4) is 0 Å². The van der Waals surface area contributed by atoms with Gasteiger partial charge in [-0.25, -0.2) is 4.79 Å². The second-order valence-electron chi connectivity index (χ2n) is 7.59. The second kappa shape index (κ2) is 8.17. The summed E-state index contributed by atoms with van der Waals surface area (Å²) < 4.78 is 3.23. The predicted molar refractivity (Wildman–Crippen MR) is 115 cm³/mol. The number of hydrogen-bond donors (Lipinski definition) is 1. The van der Waals surface area contributed by atoms with Crippen molar-refractivity contribution >= 4 is 23.0 Å². The Bertz CT molecular complexity index is 1170. The largest absolute Gasteiger partial charge is 0.339 e. The molecule has 30 heavy (non-hydrogen) atoms. The standard InChI is InChI=1S/C21H26N6O3/c1-3-7-16(28)25-10-12-26(13-11-25)20-22-18-17(19(29)23-21(30)24(18)2)27(20)14-15-8-5-4-6-9-15/h4-6,8-9H,3,7,10-14H2,1-2H3,(H,23,29,30). The monoisotopic (exact) mass is 410 g/mol. The molecule has 0 unspecified atom stereocenters. The van der Waals surface area contributed by atoms with Crippen molar-refractivity contribution in [2.45, 2.75) is 26.3 Å². The van der Waals surface area contributed by atoms with Crippen molar-refractivity contribution in [3.63, 3.8) is 0 Å². The lowest BCUT2D eigenvalue weighted by Gasteiger charge is -2.35. The summed E-state index contributed by atoms with van der Waals surface area (Å²) in [5.74, 6) is 0.817. The lowest BCUT2D eigenvalue weighted by molar-refractivity contribution is -0.131. The van der Waals surface area contributed by atoms with Gasteiger partial charge in [0, 0.05) is 39.6 Å². The van der Waals surface area contributed by atoms with Gasteiger partial charge in [0.1, 0.15) is 0 Å². The molecule has 1 saturated heterocycles. The van der Waals surface area contributed by atoms with Gasteiger partial charge in [0.15, 0.2) is 11.2 Å². The molecule has 3 heterocycles.